The van der Waals surface area contributed by atoms with E-state index in [9.17, 15) is 8.42 Å². The predicted octanol–water partition coefficient (Wildman–Crippen LogP) is 4.78. The lowest BCUT2D eigenvalue weighted by Gasteiger charge is -2.25. The summed E-state index contributed by atoms with van der Waals surface area (Å²) in [6, 6.07) is 14.7. The minimum absolute atomic E-state index is 0.262. The van der Waals surface area contributed by atoms with Crippen molar-refractivity contribution in [3.8, 4) is 17.2 Å². The van der Waals surface area contributed by atoms with Crippen molar-refractivity contribution >= 4 is 21.8 Å². The smallest absolute Gasteiger partial charge is 0.276 e. The molecule has 170 valence electrons. The Labute approximate surface area is 193 Å². The summed E-state index contributed by atoms with van der Waals surface area (Å²) in [7, 11) is -3.51. The number of benzene rings is 2. The van der Waals surface area contributed by atoms with Crippen molar-refractivity contribution < 1.29 is 17.6 Å². The molecule has 4 rings (SSSR count). The standard InChI is InChI=1S/C23H27N3O4S2/c1-18-8-5-10-20(16-18)29-14-7-15-31-23-25-24-22(30-23)19-9-6-11-21(17-19)32(27,28)26-12-3-2-4-13-26/h5-6,8-11,16-17H,2-4,7,12-15H2,1H3. The molecule has 0 radical (unpaired) electrons. The van der Waals surface area contributed by atoms with E-state index in [-0.39, 0.29) is 4.90 Å². The first-order valence-electron chi connectivity index (χ1n) is 10.8. The summed E-state index contributed by atoms with van der Waals surface area (Å²) in [5.74, 6) is 1.96. The van der Waals surface area contributed by atoms with Crippen LogP contribution in [0.1, 0.15) is 31.2 Å². The summed E-state index contributed by atoms with van der Waals surface area (Å²) in [5, 5.41) is 8.65. The Morgan fingerprint density at radius 1 is 1.06 bits per heavy atom. The van der Waals surface area contributed by atoms with Gasteiger partial charge in [-0.3, -0.25) is 0 Å². The van der Waals surface area contributed by atoms with Crippen LogP contribution < -0.4 is 4.74 Å². The Bertz CT molecular complexity index is 1140. The van der Waals surface area contributed by atoms with E-state index in [1.54, 1.807) is 28.6 Å². The second-order valence-corrected chi connectivity index (χ2v) is 10.7. The molecule has 1 fully saturated rings. The van der Waals surface area contributed by atoms with Crippen LogP contribution in [0.5, 0.6) is 5.75 Å². The predicted molar refractivity (Wildman–Crippen MR) is 124 cm³/mol. The lowest BCUT2D eigenvalue weighted by atomic mass is 10.2. The number of hydrogen-bond acceptors (Lipinski definition) is 7. The van der Waals surface area contributed by atoms with Crippen molar-refractivity contribution in [2.75, 3.05) is 25.4 Å². The molecule has 0 aliphatic carbocycles. The van der Waals surface area contributed by atoms with E-state index < -0.39 is 10.0 Å². The van der Waals surface area contributed by atoms with Crippen LogP contribution in [0, 0.1) is 6.92 Å². The van der Waals surface area contributed by atoms with Gasteiger partial charge in [-0.25, -0.2) is 8.42 Å². The van der Waals surface area contributed by atoms with E-state index in [0.29, 0.717) is 36.4 Å². The molecular weight excluding hydrogens is 446 g/mol. The van der Waals surface area contributed by atoms with Gasteiger partial charge < -0.3 is 9.15 Å². The number of rotatable bonds is 9. The molecule has 2 aromatic carbocycles. The third-order valence-electron chi connectivity index (χ3n) is 5.21. The van der Waals surface area contributed by atoms with Gasteiger partial charge in [-0.1, -0.05) is 36.4 Å². The normalized spacial score (nSPS) is 15.0. The summed E-state index contributed by atoms with van der Waals surface area (Å²) in [6.45, 7) is 3.78. The zero-order chi connectivity index (χ0) is 22.4. The van der Waals surface area contributed by atoms with Crippen LogP contribution in [0.4, 0.5) is 0 Å². The maximum Gasteiger partial charge on any atom is 0.276 e. The number of thioether (sulfide) groups is 1. The molecule has 0 spiro atoms. The molecule has 0 bridgehead atoms. The summed E-state index contributed by atoms with van der Waals surface area (Å²) in [5.41, 5.74) is 1.77. The van der Waals surface area contributed by atoms with Gasteiger partial charge in [0.15, 0.2) is 0 Å². The molecule has 2 heterocycles. The lowest BCUT2D eigenvalue weighted by molar-refractivity contribution is 0.318. The van der Waals surface area contributed by atoms with Crippen molar-refractivity contribution in [3.63, 3.8) is 0 Å². The van der Waals surface area contributed by atoms with Crippen LogP contribution in [0.3, 0.4) is 0 Å². The zero-order valence-electron chi connectivity index (χ0n) is 18.1. The molecule has 3 aromatic rings. The van der Waals surface area contributed by atoms with Crippen molar-refractivity contribution in [3.05, 3.63) is 54.1 Å². The first-order valence-corrected chi connectivity index (χ1v) is 13.2. The molecule has 0 N–H and O–H groups in total. The number of piperidine rings is 1. The number of aromatic nitrogens is 2. The second kappa shape index (κ2) is 10.5. The first kappa shape index (κ1) is 22.8. The summed E-state index contributed by atoms with van der Waals surface area (Å²) in [6.07, 6.45) is 3.71. The van der Waals surface area contributed by atoms with Gasteiger partial charge in [-0.15, -0.1) is 10.2 Å². The van der Waals surface area contributed by atoms with E-state index in [2.05, 4.69) is 10.2 Å². The van der Waals surface area contributed by atoms with Crippen molar-refractivity contribution in [2.45, 2.75) is 42.7 Å². The largest absolute Gasteiger partial charge is 0.494 e. The maximum atomic E-state index is 12.9. The monoisotopic (exact) mass is 473 g/mol. The van der Waals surface area contributed by atoms with E-state index >= 15 is 0 Å². The summed E-state index contributed by atoms with van der Waals surface area (Å²) in [4.78, 5) is 0.262. The Balaban J connectivity index is 1.32. The fraction of sp³-hybridized carbons (Fsp3) is 0.391. The Hall–Kier alpha value is -2.36. The van der Waals surface area contributed by atoms with Crippen LogP contribution in [0.15, 0.2) is 63.1 Å². The molecule has 0 atom stereocenters. The van der Waals surface area contributed by atoms with Crippen LogP contribution in [-0.4, -0.2) is 48.4 Å². The van der Waals surface area contributed by atoms with Gasteiger partial charge in [0, 0.05) is 24.4 Å². The van der Waals surface area contributed by atoms with Gasteiger partial charge in [0.1, 0.15) is 5.75 Å². The average Bonchev–Trinajstić information content (AvgIpc) is 3.29. The minimum atomic E-state index is -3.51. The van der Waals surface area contributed by atoms with Crippen LogP contribution >= 0.6 is 11.8 Å². The molecule has 7 nitrogen and oxygen atoms in total. The highest BCUT2D eigenvalue weighted by Gasteiger charge is 2.26. The average molecular weight is 474 g/mol. The molecule has 0 unspecified atom stereocenters. The Morgan fingerprint density at radius 2 is 1.88 bits per heavy atom. The van der Waals surface area contributed by atoms with Crippen LogP contribution in [0.25, 0.3) is 11.5 Å². The quantitative estimate of drug-likeness (QED) is 0.326. The van der Waals surface area contributed by atoms with Crippen molar-refractivity contribution in [1.29, 1.82) is 0 Å². The molecule has 1 aromatic heterocycles. The fourth-order valence-corrected chi connectivity index (χ4v) is 5.78. The van der Waals surface area contributed by atoms with Gasteiger partial charge in [-0.2, -0.15) is 4.31 Å². The van der Waals surface area contributed by atoms with Crippen LogP contribution in [0.2, 0.25) is 0 Å². The molecule has 1 saturated heterocycles. The highest BCUT2D eigenvalue weighted by atomic mass is 32.2. The first-order chi connectivity index (χ1) is 15.5. The Kier molecular flexibility index (Phi) is 7.49. The van der Waals surface area contributed by atoms with E-state index in [1.807, 2.05) is 31.2 Å². The topological polar surface area (TPSA) is 85.5 Å². The third kappa shape index (κ3) is 5.70. The number of hydrogen-bond donors (Lipinski definition) is 0. The van der Waals surface area contributed by atoms with Gasteiger partial charge in [0.2, 0.25) is 15.9 Å². The van der Waals surface area contributed by atoms with Gasteiger partial charge in [0.05, 0.1) is 11.5 Å². The number of nitrogens with zero attached hydrogens (tertiary/aromatic N) is 3. The fourth-order valence-electron chi connectivity index (χ4n) is 3.54. The molecule has 9 heteroatoms. The van der Waals surface area contributed by atoms with Crippen molar-refractivity contribution in [2.24, 2.45) is 0 Å². The van der Waals surface area contributed by atoms with Gasteiger partial charge in [-0.05, 0) is 62.1 Å². The van der Waals surface area contributed by atoms with E-state index in [0.717, 1.165) is 37.2 Å². The number of ether oxygens (including phenoxy) is 1. The number of aryl methyl sites for hydroxylation is 1. The highest BCUT2D eigenvalue weighted by Crippen LogP contribution is 2.27. The molecule has 0 saturated carbocycles. The van der Waals surface area contributed by atoms with E-state index in [1.165, 1.54) is 17.3 Å². The van der Waals surface area contributed by atoms with Gasteiger partial charge >= 0.3 is 0 Å². The second-order valence-electron chi connectivity index (χ2n) is 7.73. The third-order valence-corrected chi connectivity index (χ3v) is 8.01. The maximum absolute atomic E-state index is 12.9. The Morgan fingerprint density at radius 3 is 2.69 bits per heavy atom. The SMILES string of the molecule is Cc1cccc(OCCCSc2nnc(-c3cccc(S(=O)(=O)N4CCCCC4)c3)o2)c1. The zero-order valence-corrected chi connectivity index (χ0v) is 19.7. The minimum Gasteiger partial charge on any atom is -0.494 e. The number of sulfonamides is 1. The molecule has 0 amide bonds. The van der Waals surface area contributed by atoms with E-state index in [4.69, 9.17) is 9.15 Å². The van der Waals surface area contributed by atoms with Crippen LogP contribution in [-0.2, 0) is 10.0 Å². The molecule has 1 aliphatic rings. The van der Waals surface area contributed by atoms with Gasteiger partial charge in [0.25, 0.3) is 5.22 Å². The summed E-state index contributed by atoms with van der Waals surface area (Å²) >= 11 is 1.46. The lowest BCUT2D eigenvalue weighted by Crippen LogP contribution is -2.35. The highest BCUT2D eigenvalue weighted by molar-refractivity contribution is 7.99. The molecule has 32 heavy (non-hydrogen) atoms. The molecule has 1 aliphatic heterocycles. The molecular formula is C23H27N3O4S2. The van der Waals surface area contributed by atoms with Crippen molar-refractivity contribution in [1.82, 2.24) is 14.5 Å². The summed E-state index contributed by atoms with van der Waals surface area (Å²) < 4.78 is 39.0.